The van der Waals surface area contributed by atoms with Crippen LogP contribution < -0.4 is 10.9 Å². The summed E-state index contributed by atoms with van der Waals surface area (Å²) < 4.78 is 0. The smallest absolute Gasteiger partial charge is 0.0655 e. The minimum absolute atomic E-state index is 0.220. The van der Waals surface area contributed by atoms with E-state index in [-0.39, 0.29) is 5.92 Å². The van der Waals surface area contributed by atoms with Crippen molar-refractivity contribution in [3.63, 3.8) is 0 Å². The summed E-state index contributed by atoms with van der Waals surface area (Å²) in [5.41, 5.74) is 7.94. The van der Waals surface area contributed by atoms with E-state index in [4.69, 9.17) is 5.26 Å². The van der Waals surface area contributed by atoms with Crippen molar-refractivity contribution in [1.82, 2.24) is 15.8 Å². The van der Waals surface area contributed by atoms with Crippen molar-refractivity contribution < 1.29 is 0 Å². The van der Waals surface area contributed by atoms with Crippen molar-refractivity contribution in [1.29, 1.82) is 5.26 Å². The van der Waals surface area contributed by atoms with Crippen molar-refractivity contribution >= 4 is 0 Å². The average molecular weight is 228 g/mol. The largest absolute Gasteiger partial charge is 0.264 e. The van der Waals surface area contributed by atoms with Crippen LogP contribution in [0.3, 0.4) is 0 Å². The van der Waals surface area contributed by atoms with Gasteiger partial charge in [0.05, 0.1) is 12.1 Å². The average Bonchev–Trinajstić information content (AvgIpc) is 2.82. The van der Waals surface area contributed by atoms with Crippen LogP contribution in [-0.2, 0) is 0 Å². The van der Waals surface area contributed by atoms with Crippen LogP contribution in [0.5, 0.6) is 0 Å². The normalized spacial score (nSPS) is 36.2. The molecule has 2 aliphatic rings. The van der Waals surface area contributed by atoms with E-state index in [9.17, 15) is 0 Å². The molecule has 1 aromatic heterocycles. The molecule has 0 aromatic carbocycles. The van der Waals surface area contributed by atoms with E-state index < -0.39 is 0 Å². The van der Waals surface area contributed by atoms with Crippen LogP contribution in [0, 0.1) is 23.2 Å². The van der Waals surface area contributed by atoms with E-state index in [1.807, 2.05) is 12.3 Å². The van der Waals surface area contributed by atoms with Crippen molar-refractivity contribution in [2.45, 2.75) is 31.3 Å². The SMILES string of the molecule is N#CC1CCC2NNC(c3cccnc3)C2C1. The maximum Gasteiger partial charge on any atom is 0.0655 e. The Morgan fingerprint density at radius 1 is 1.35 bits per heavy atom. The van der Waals surface area contributed by atoms with Gasteiger partial charge in [-0.2, -0.15) is 5.26 Å². The lowest BCUT2D eigenvalue weighted by Gasteiger charge is -2.30. The molecule has 0 amide bonds. The van der Waals surface area contributed by atoms with Crippen molar-refractivity contribution in [3.05, 3.63) is 30.1 Å². The molecule has 17 heavy (non-hydrogen) atoms. The van der Waals surface area contributed by atoms with E-state index in [0.717, 1.165) is 19.3 Å². The lowest BCUT2D eigenvalue weighted by atomic mass is 9.75. The number of pyridine rings is 1. The van der Waals surface area contributed by atoms with Crippen LogP contribution in [-0.4, -0.2) is 11.0 Å². The number of nitrogens with zero attached hydrogens (tertiary/aromatic N) is 2. The summed E-state index contributed by atoms with van der Waals surface area (Å²) in [4.78, 5) is 4.17. The minimum atomic E-state index is 0.220. The molecule has 88 valence electrons. The third-order valence-electron chi connectivity index (χ3n) is 3.98. The highest BCUT2D eigenvalue weighted by molar-refractivity contribution is 5.18. The zero-order valence-electron chi connectivity index (χ0n) is 9.63. The lowest BCUT2D eigenvalue weighted by molar-refractivity contribution is 0.267. The predicted molar refractivity (Wildman–Crippen MR) is 63.5 cm³/mol. The van der Waals surface area contributed by atoms with Crippen LogP contribution in [0.4, 0.5) is 0 Å². The van der Waals surface area contributed by atoms with Gasteiger partial charge >= 0.3 is 0 Å². The highest BCUT2D eigenvalue weighted by atomic mass is 15.4. The molecule has 4 unspecified atom stereocenters. The summed E-state index contributed by atoms with van der Waals surface area (Å²) >= 11 is 0. The van der Waals surface area contributed by atoms with E-state index in [2.05, 4.69) is 28.0 Å². The molecule has 1 aromatic rings. The van der Waals surface area contributed by atoms with Crippen LogP contribution >= 0.6 is 0 Å². The summed E-state index contributed by atoms with van der Waals surface area (Å²) in [6, 6.07) is 7.29. The first kappa shape index (κ1) is 10.7. The first-order valence-corrected chi connectivity index (χ1v) is 6.19. The Morgan fingerprint density at radius 2 is 2.29 bits per heavy atom. The summed E-state index contributed by atoms with van der Waals surface area (Å²) in [5.74, 6) is 0.731. The van der Waals surface area contributed by atoms with E-state index >= 15 is 0 Å². The highest BCUT2D eigenvalue weighted by Gasteiger charge is 2.40. The standard InChI is InChI=1S/C13H16N4/c14-7-9-3-4-12-11(6-9)13(17-16-12)10-2-1-5-15-8-10/h1-2,5,8-9,11-13,16-17H,3-4,6H2. The topological polar surface area (TPSA) is 60.7 Å². The van der Waals surface area contributed by atoms with Gasteiger partial charge in [0.15, 0.2) is 0 Å². The van der Waals surface area contributed by atoms with Gasteiger partial charge in [-0.25, -0.2) is 5.43 Å². The number of aromatic nitrogens is 1. The molecule has 4 nitrogen and oxygen atoms in total. The van der Waals surface area contributed by atoms with Crippen LogP contribution in [0.25, 0.3) is 0 Å². The van der Waals surface area contributed by atoms with Gasteiger partial charge in [-0.05, 0) is 36.8 Å². The van der Waals surface area contributed by atoms with Gasteiger partial charge in [-0.1, -0.05) is 6.07 Å². The fourth-order valence-corrected chi connectivity index (χ4v) is 3.06. The first-order valence-electron chi connectivity index (χ1n) is 6.19. The Balaban J connectivity index is 1.81. The lowest BCUT2D eigenvalue weighted by Crippen LogP contribution is -2.34. The van der Waals surface area contributed by atoms with Gasteiger partial charge in [-0.15, -0.1) is 0 Å². The highest BCUT2D eigenvalue weighted by Crippen LogP contribution is 2.39. The van der Waals surface area contributed by atoms with Crippen LogP contribution in [0.15, 0.2) is 24.5 Å². The fraction of sp³-hybridized carbons (Fsp3) is 0.538. The number of nitriles is 1. The van der Waals surface area contributed by atoms with E-state index in [0.29, 0.717) is 18.0 Å². The number of nitrogens with one attached hydrogen (secondary N) is 2. The van der Waals surface area contributed by atoms with Crippen molar-refractivity contribution in [3.8, 4) is 6.07 Å². The molecule has 1 saturated heterocycles. The van der Waals surface area contributed by atoms with Crippen LogP contribution in [0.2, 0.25) is 0 Å². The molecule has 3 rings (SSSR count). The predicted octanol–water partition coefficient (Wildman–Crippen LogP) is 1.54. The van der Waals surface area contributed by atoms with Gasteiger partial charge in [0, 0.05) is 24.4 Å². The summed E-state index contributed by atoms with van der Waals surface area (Å²) in [6.45, 7) is 0. The molecule has 2 fully saturated rings. The van der Waals surface area contributed by atoms with Gasteiger partial charge < -0.3 is 0 Å². The number of hydrazine groups is 1. The maximum atomic E-state index is 9.06. The Bertz CT molecular complexity index is 425. The molecule has 2 N–H and O–H groups in total. The van der Waals surface area contributed by atoms with E-state index in [1.54, 1.807) is 6.20 Å². The molecular weight excluding hydrogens is 212 g/mol. The molecule has 0 bridgehead atoms. The van der Waals surface area contributed by atoms with Crippen molar-refractivity contribution in [2.75, 3.05) is 0 Å². The summed E-state index contributed by atoms with van der Waals surface area (Å²) in [6.07, 6.45) is 6.81. The molecule has 0 radical (unpaired) electrons. The molecule has 1 saturated carbocycles. The molecule has 4 heteroatoms. The second kappa shape index (κ2) is 4.44. The quantitative estimate of drug-likeness (QED) is 0.765. The monoisotopic (exact) mass is 228 g/mol. The van der Waals surface area contributed by atoms with Gasteiger partial charge in [-0.3, -0.25) is 10.4 Å². The number of fused-ring (bicyclic) bond motifs is 1. The second-order valence-electron chi connectivity index (χ2n) is 4.96. The molecular formula is C13H16N4. The Kier molecular flexibility index (Phi) is 2.79. The second-order valence-corrected chi connectivity index (χ2v) is 4.96. The summed E-state index contributed by atoms with van der Waals surface area (Å²) in [5, 5.41) is 9.06. The maximum absolute atomic E-state index is 9.06. The zero-order valence-corrected chi connectivity index (χ0v) is 9.63. The molecule has 1 aliphatic heterocycles. The first-order chi connectivity index (χ1) is 8.38. The summed E-state index contributed by atoms with van der Waals surface area (Å²) in [7, 11) is 0. The van der Waals surface area contributed by atoms with Gasteiger partial charge in [0.2, 0.25) is 0 Å². The fourth-order valence-electron chi connectivity index (χ4n) is 3.06. The van der Waals surface area contributed by atoms with E-state index in [1.165, 1.54) is 5.56 Å². The number of hydrogen-bond donors (Lipinski definition) is 2. The third-order valence-corrected chi connectivity index (χ3v) is 3.98. The third kappa shape index (κ3) is 1.92. The minimum Gasteiger partial charge on any atom is -0.264 e. The Labute approximate surface area is 101 Å². The number of rotatable bonds is 1. The zero-order chi connectivity index (χ0) is 11.7. The molecule has 1 aliphatic carbocycles. The van der Waals surface area contributed by atoms with Gasteiger partial charge in [0.1, 0.15) is 0 Å². The Hall–Kier alpha value is -1.44. The Morgan fingerprint density at radius 3 is 3.06 bits per heavy atom. The number of hydrogen-bond acceptors (Lipinski definition) is 4. The molecule has 4 atom stereocenters. The van der Waals surface area contributed by atoms with Gasteiger partial charge in [0.25, 0.3) is 0 Å². The molecule has 0 spiro atoms. The van der Waals surface area contributed by atoms with Crippen molar-refractivity contribution in [2.24, 2.45) is 11.8 Å². The molecule has 2 heterocycles. The van der Waals surface area contributed by atoms with Crippen LogP contribution in [0.1, 0.15) is 30.9 Å².